The maximum absolute atomic E-state index is 12.4. The molecular formula is C21H23ClN4O3S. The molecule has 9 heteroatoms. The van der Waals surface area contributed by atoms with Crippen molar-refractivity contribution in [3.63, 3.8) is 0 Å². The number of aromatic nitrogens is 2. The highest BCUT2D eigenvalue weighted by Crippen LogP contribution is 2.28. The van der Waals surface area contributed by atoms with Crippen LogP contribution in [-0.2, 0) is 4.79 Å². The average molecular weight is 447 g/mol. The predicted molar refractivity (Wildman–Crippen MR) is 118 cm³/mol. The van der Waals surface area contributed by atoms with Crippen molar-refractivity contribution in [1.29, 1.82) is 0 Å². The second-order valence-electron chi connectivity index (χ2n) is 6.69. The lowest BCUT2D eigenvalue weighted by Gasteiger charge is -2.26. The summed E-state index contributed by atoms with van der Waals surface area (Å²) in [6.45, 7) is 0.451. The van der Waals surface area contributed by atoms with Gasteiger partial charge in [-0.25, -0.2) is 0 Å². The zero-order valence-electron chi connectivity index (χ0n) is 17.0. The molecule has 0 bridgehead atoms. The first kappa shape index (κ1) is 22.1. The van der Waals surface area contributed by atoms with E-state index in [9.17, 15) is 4.79 Å². The molecule has 0 aliphatic carbocycles. The number of thioether (sulfide) groups is 1. The molecule has 0 saturated carbocycles. The maximum Gasteiger partial charge on any atom is 0.277 e. The Morgan fingerprint density at radius 3 is 2.63 bits per heavy atom. The number of para-hydroxylation sites is 1. The van der Waals surface area contributed by atoms with Crippen LogP contribution in [0.5, 0.6) is 5.75 Å². The first-order valence-electron chi connectivity index (χ1n) is 9.26. The van der Waals surface area contributed by atoms with E-state index >= 15 is 0 Å². The van der Waals surface area contributed by atoms with E-state index in [1.165, 1.54) is 11.8 Å². The number of hydrogen-bond acceptors (Lipinski definition) is 7. The summed E-state index contributed by atoms with van der Waals surface area (Å²) >= 11 is 7.09. The minimum absolute atomic E-state index is 0.0185. The Balaban J connectivity index is 1.54. The highest BCUT2D eigenvalue weighted by Gasteiger charge is 2.19. The first-order chi connectivity index (χ1) is 14.5. The normalized spacial score (nSPS) is 12.0. The molecule has 0 saturated heterocycles. The van der Waals surface area contributed by atoms with E-state index < -0.39 is 0 Å². The van der Waals surface area contributed by atoms with E-state index in [2.05, 4.69) is 15.5 Å². The molecule has 1 aromatic heterocycles. The predicted octanol–water partition coefficient (Wildman–Crippen LogP) is 3.91. The Hall–Kier alpha value is -2.55. The lowest BCUT2D eigenvalue weighted by molar-refractivity contribution is -0.118. The van der Waals surface area contributed by atoms with Crippen molar-refractivity contribution in [3.05, 3.63) is 59.1 Å². The molecule has 1 amide bonds. The molecular weight excluding hydrogens is 424 g/mol. The number of hydrogen-bond donors (Lipinski definition) is 1. The largest absolute Gasteiger partial charge is 0.496 e. The molecule has 3 rings (SSSR count). The second-order valence-corrected chi connectivity index (χ2v) is 8.06. The van der Waals surface area contributed by atoms with Crippen LogP contribution in [0.25, 0.3) is 11.5 Å². The van der Waals surface area contributed by atoms with Gasteiger partial charge in [0.25, 0.3) is 5.22 Å². The molecule has 0 radical (unpaired) electrons. The lowest BCUT2D eigenvalue weighted by Crippen LogP contribution is -2.35. The third-order valence-electron chi connectivity index (χ3n) is 4.44. The van der Waals surface area contributed by atoms with Gasteiger partial charge in [0, 0.05) is 22.7 Å². The van der Waals surface area contributed by atoms with Gasteiger partial charge in [0.1, 0.15) is 5.75 Å². The van der Waals surface area contributed by atoms with Crippen molar-refractivity contribution in [3.8, 4) is 17.2 Å². The number of carbonyl (C=O) groups is 1. The van der Waals surface area contributed by atoms with Crippen molar-refractivity contribution >= 4 is 29.3 Å². The van der Waals surface area contributed by atoms with Gasteiger partial charge in [0.05, 0.1) is 18.9 Å². The van der Waals surface area contributed by atoms with Gasteiger partial charge in [-0.3, -0.25) is 4.79 Å². The topological polar surface area (TPSA) is 80.5 Å². The van der Waals surface area contributed by atoms with Crippen molar-refractivity contribution in [2.45, 2.75) is 11.3 Å². The quantitative estimate of drug-likeness (QED) is 0.499. The molecule has 1 N–H and O–H groups in total. The highest BCUT2D eigenvalue weighted by molar-refractivity contribution is 7.99. The number of carbonyl (C=O) groups excluding carboxylic acids is 1. The van der Waals surface area contributed by atoms with Crippen LogP contribution >= 0.6 is 23.4 Å². The standard InChI is InChI=1S/C21H23ClN4O3S/c1-26(2)17(16-6-4-5-7-18(16)28-3)12-23-19(27)13-30-21-25-24-20(29-21)14-8-10-15(22)11-9-14/h4-11,17H,12-13H2,1-3H3,(H,23,27). The van der Waals surface area contributed by atoms with Crippen LogP contribution in [0.1, 0.15) is 11.6 Å². The zero-order chi connectivity index (χ0) is 21.5. The van der Waals surface area contributed by atoms with Gasteiger partial charge in [-0.15, -0.1) is 10.2 Å². The Morgan fingerprint density at radius 2 is 1.93 bits per heavy atom. The monoisotopic (exact) mass is 446 g/mol. The molecule has 1 unspecified atom stereocenters. The van der Waals surface area contributed by atoms with Crippen LogP contribution in [0.3, 0.4) is 0 Å². The van der Waals surface area contributed by atoms with E-state index in [4.69, 9.17) is 20.8 Å². The molecule has 30 heavy (non-hydrogen) atoms. The molecule has 0 fully saturated rings. The molecule has 1 heterocycles. The van der Waals surface area contributed by atoms with Crippen molar-refractivity contribution in [2.75, 3.05) is 33.5 Å². The van der Waals surface area contributed by atoms with Crippen LogP contribution in [0.15, 0.2) is 58.2 Å². The van der Waals surface area contributed by atoms with Crippen molar-refractivity contribution < 1.29 is 13.9 Å². The third kappa shape index (κ3) is 5.75. The molecule has 3 aromatic rings. The number of nitrogens with zero attached hydrogens (tertiary/aromatic N) is 3. The summed E-state index contributed by atoms with van der Waals surface area (Å²) in [6.07, 6.45) is 0. The molecule has 158 valence electrons. The summed E-state index contributed by atoms with van der Waals surface area (Å²) in [5.41, 5.74) is 1.79. The van der Waals surface area contributed by atoms with Crippen molar-refractivity contribution in [2.24, 2.45) is 0 Å². The van der Waals surface area contributed by atoms with E-state index in [-0.39, 0.29) is 17.7 Å². The van der Waals surface area contributed by atoms with Gasteiger partial charge in [0.15, 0.2) is 0 Å². The van der Waals surface area contributed by atoms with Gasteiger partial charge in [-0.2, -0.15) is 0 Å². The van der Waals surface area contributed by atoms with Crippen LogP contribution in [0.2, 0.25) is 5.02 Å². The smallest absolute Gasteiger partial charge is 0.277 e. The summed E-state index contributed by atoms with van der Waals surface area (Å²) < 4.78 is 11.1. The van der Waals surface area contributed by atoms with Gasteiger partial charge in [-0.1, -0.05) is 41.6 Å². The average Bonchev–Trinajstić information content (AvgIpc) is 3.22. The van der Waals surface area contributed by atoms with Gasteiger partial charge < -0.3 is 19.4 Å². The van der Waals surface area contributed by atoms with Crippen LogP contribution < -0.4 is 10.1 Å². The summed E-state index contributed by atoms with van der Waals surface area (Å²) in [5, 5.41) is 11.9. The second kappa shape index (κ2) is 10.5. The number of likely N-dealkylation sites (N-methyl/N-ethyl adjacent to an activating group) is 1. The lowest BCUT2D eigenvalue weighted by atomic mass is 10.0. The zero-order valence-corrected chi connectivity index (χ0v) is 18.5. The Morgan fingerprint density at radius 1 is 1.20 bits per heavy atom. The fourth-order valence-corrected chi connectivity index (χ4v) is 3.60. The van der Waals surface area contributed by atoms with Gasteiger partial charge >= 0.3 is 0 Å². The molecule has 2 aromatic carbocycles. The number of rotatable bonds is 9. The number of methoxy groups -OCH3 is 1. The number of nitrogens with one attached hydrogen (secondary N) is 1. The summed E-state index contributed by atoms with van der Waals surface area (Å²) in [4.78, 5) is 14.4. The Bertz CT molecular complexity index is 978. The van der Waals surface area contributed by atoms with Crippen LogP contribution in [-0.4, -0.2) is 54.5 Å². The highest BCUT2D eigenvalue weighted by atomic mass is 35.5. The maximum atomic E-state index is 12.4. The minimum Gasteiger partial charge on any atom is -0.496 e. The number of amides is 1. The molecule has 1 atom stereocenters. The van der Waals surface area contributed by atoms with Crippen molar-refractivity contribution in [1.82, 2.24) is 20.4 Å². The van der Waals surface area contributed by atoms with Gasteiger partial charge in [-0.05, 0) is 44.4 Å². The Labute approximate surface area is 184 Å². The van der Waals surface area contributed by atoms with Crippen LogP contribution in [0.4, 0.5) is 0 Å². The fourth-order valence-electron chi connectivity index (χ4n) is 2.88. The third-order valence-corrected chi connectivity index (χ3v) is 5.51. The molecule has 0 spiro atoms. The van der Waals surface area contributed by atoms with Crippen LogP contribution in [0, 0.1) is 0 Å². The summed E-state index contributed by atoms with van der Waals surface area (Å²) in [5.74, 6) is 1.24. The summed E-state index contributed by atoms with van der Waals surface area (Å²) in [7, 11) is 5.58. The first-order valence-corrected chi connectivity index (χ1v) is 10.6. The molecule has 0 aliphatic heterocycles. The summed E-state index contributed by atoms with van der Waals surface area (Å²) in [6, 6.07) is 14.9. The van der Waals surface area contributed by atoms with Gasteiger partial charge in [0.2, 0.25) is 11.8 Å². The fraction of sp³-hybridized carbons (Fsp3) is 0.286. The Kier molecular flexibility index (Phi) is 7.73. The van der Waals surface area contributed by atoms with E-state index in [1.54, 1.807) is 31.4 Å². The molecule has 0 aliphatic rings. The number of ether oxygens (including phenoxy) is 1. The minimum atomic E-state index is -0.118. The van der Waals surface area contributed by atoms with E-state index in [0.29, 0.717) is 22.7 Å². The van der Waals surface area contributed by atoms with E-state index in [1.807, 2.05) is 43.3 Å². The SMILES string of the molecule is COc1ccccc1C(CNC(=O)CSc1nnc(-c2ccc(Cl)cc2)o1)N(C)C. The van der Waals surface area contributed by atoms with E-state index in [0.717, 1.165) is 16.9 Å². The number of benzene rings is 2. The number of halogens is 1. The molecule has 7 nitrogen and oxygen atoms in total.